The van der Waals surface area contributed by atoms with E-state index in [0.717, 1.165) is 116 Å². The minimum atomic E-state index is -1.62. The monoisotopic (exact) mass is 1050 g/mol. The average molecular weight is 1050 g/mol. The first-order valence-corrected chi connectivity index (χ1v) is 30.4. The molecule has 75 heavy (non-hydrogen) atoms. The zero-order chi connectivity index (χ0) is 54.7. The molecule has 1 aliphatic rings. The van der Waals surface area contributed by atoms with Crippen LogP contribution in [0.2, 0.25) is 0 Å². The lowest BCUT2D eigenvalue weighted by Gasteiger charge is -2.41. The zero-order valence-electron chi connectivity index (χ0n) is 47.6. The summed E-state index contributed by atoms with van der Waals surface area (Å²) in [6.07, 6.45) is 56.3. The lowest BCUT2D eigenvalue weighted by molar-refractivity contribution is -0.305. The second-order valence-electron chi connectivity index (χ2n) is 20.7. The molecule has 0 aromatic carbocycles. The maximum Gasteiger partial charge on any atom is 0.306 e. The first-order valence-electron chi connectivity index (χ1n) is 30.4. The summed E-state index contributed by atoms with van der Waals surface area (Å²) in [5.74, 6) is -1.23. The van der Waals surface area contributed by atoms with Crippen LogP contribution in [-0.4, -0.2) is 99.6 Å². The fraction of sp³-hybridized carbons (Fsp3) is 0.750. The van der Waals surface area contributed by atoms with Crippen molar-refractivity contribution in [1.29, 1.82) is 0 Å². The van der Waals surface area contributed by atoms with Crippen LogP contribution in [0.4, 0.5) is 0 Å². The lowest BCUT2D eigenvalue weighted by atomic mass is 9.99. The van der Waals surface area contributed by atoms with Crippen LogP contribution in [0.15, 0.2) is 85.1 Å². The van der Waals surface area contributed by atoms with E-state index in [0.29, 0.717) is 12.8 Å². The number of esters is 1. The second-order valence-corrected chi connectivity index (χ2v) is 20.7. The summed E-state index contributed by atoms with van der Waals surface area (Å²) < 4.78 is 17.6. The number of nitrogens with one attached hydrogen (secondary N) is 1. The Hall–Kier alpha value is -3.16. The fourth-order valence-corrected chi connectivity index (χ4v) is 8.97. The highest BCUT2D eigenvalue weighted by Gasteiger charge is 2.47. The van der Waals surface area contributed by atoms with E-state index in [4.69, 9.17) is 14.2 Å². The molecule has 8 atom stereocenters. The van der Waals surface area contributed by atoms with E-state index in [9.17, 15) is 35.1 Å². The number of carbonyl (C=O) groups excluding carboxylic acids is 2. The molecular weight excluding hydrogens is 943 g/mol. The first kappa shape index (κ1) is 69.9. The van der Waals surface area contributed by atoms with Gasteiger partial charge in [-0.25, -0.2) is 0 Å². The summed E-state index contributed by atoms with van der Waals surface area (Å²) >= 11 is 0. The molecule has 8 unspecified atom stereocenters. The standard InChI is InChI=1S/C64H111NO10/c1-4-7-10-13-16-19-22-24-25-26-27-28-29-30-31-32-33-34-37-40-43-46-49-52-59(69)75-62-61(71)60(70)58(53-66)74-64(62)73-54-55(56(67)50-47-44-41-38-35-21-18-15-12-9-6-3)65-63(72)57(68)51-48-45-42-39-36-23-20-17-14-11-8-5-2/h7,10,16,19,24-25,27-28,30-31,36,39,47,50,55-58,60-62,64,66-68,70-71H,4-6,8-9,11-15,17-18,20-23,26,29,32-35,37-38,40-46,48-49,51-54H2,1-3H3,(H,65,72)/b10-7-,19-16-,25-24-,28-27-,31-30-,39-36-,50-47+. The highest BCUT2D eigenvalue weighted by Crippen LogP contribution is 2.26. The molecule has 1 fully saturated rings. The number of allylic oxidation sites excluding steroid dienone is 13. The molecule has 1 heterocycles. The lowest BCUT2D eigenvalue weighted by Crippen LogP contribution is -2.61. The quantitative estimate of drug-likeness (QED) is 0.0195. The molecule has 0 aromatic heterocycles. The molecule has 0 aliphatic carbocycles. The van der Waals surface area contributed by atoms with Crippen molar-refractivity contribution < 1.29 is 49.3 Å². The summed E-state index contributed by atoms with van der Waals surface area (Å²) in [6, 6.07) is -1.04. The first-order chi connectivity index (χ1) is 36.7. The van der Waals surface area contributed by atoms with Crippen LogP contribution < -0.4 is 5.32 Å². The summed E-state index contributed by atoms with van der Waals surface area (Å²) in [4.78, 5) is 26.5. The molecular formula is C64H111NO10. The van der Waals surface area contributed by atoms with Crippen molar-refractivity contribution in [1.82, 2.24) is 5.32 Å². The average Bonchev–Trinajstić information content (AvgIpc) is 3.41. The smallest absolute Gasteiger partial charge is 0.306 e. The van der Waals surface area contributed by atoms with E-state index >= 15 is 0 Å². The third kappa shape index (κ3) is 39.8. The molecule has 0 radical (unpaired) electrons. The van der Waals surface area contributed by atoms with Gasteiger partial charge in [-0.3, -0.25) is 9.59 Å². The van der Waals surface area contributed by atoms with Crippen molar-refractivity contribution in [3.8, 4) is 0 Å². The van der Waals surface area contributed by atoms with Crippen LogP contribution in [0, 0.1) is 0 Å². The van der Waals surface area contributed by atoms with Crippen LogP contribution in [0.5, 0.6) is 0 Å². The SMILES string of the molecule is CC/C=C\C/C=C\C/C=C\C/C=C\C/C=C\CCCCCCCCCC(=O)OC1C(OCC(NC(=O)C(O)CCCC/C=C\CCCCCCCC)C(O)/C=C/CCCCCCCCCCC)OC(CO)C(O)C1O. The van der Waals surface area contributed by atoms with E-state index in [1.165, 1.54) is 83.5 Å². The highest BCUT2D eigenvalue weighted by molar-refractivity contribution is 5.80. The Morgan fingerprint density at radius 1 is 0.533 bits per heavy atom. The predicted octanol–water partition coefficient (Wildman–Crippen LogP) is 14.2. The molecule has 1 rings (SSSR count). The Labute approximate surface area is 457 Å². The van der Waals surface area contributed by atoms with Gasteiger partial charge in [-0.2, -0.15) is 0 Å². The Balaban J connectivity index is 2.65. The topological polar surface area (TPSA) is 175 Å². The van der Waals surface area contributed by atoms with E-state index in [1.807, 2.05) is 6.08 Å². The number of hydrogen-bond acceptors (Lipinski definition) is 10. The maximum atomic E-state index is 13.4. The van der Waals surface area contributed by atoms with Crippen molar-refractivity contribution in [3.05, 3.63) is 85.1 Å². The minimum Gasteiger partial charge on any atom is -0.454 e. The Morgan fingerprint density at radius 2 is 0.960 bits per heavy atom. The van der Waals surface area contributed by atoms with E-state index < -0.39 is 67.4 Å². The van der Waals surface area contributed by atoms with Gasteiger partial charge in [0.1, 0.15) is 24.4 Å². The van der Waals surface area contributed by atoms with E-state index in [-0.39, 0.29) is 19.4 Å². The Bertz CT molecular complexity index is 1540. The Morgan fingerprint density at radius 3 is 1.45 bits per heavy atom. The zero-order valence-corrected chi connectivity index (χ0v) is 47.6. The molecule has 0 saturated carbocycles. The van der Waals surface area contributed by atoms with Gasteiger partial charge in [0.05, 0.1) is 25.4 Å². The van der Waals surface area contributed by atoms with Gasteiger partial charge in [-0.05, 0) is 96.3 Å². The third-order valence-corrected chi connectivity index (χ3v) is 13.8. The highest BCUT2D eigenvalue weighted by atomic mass is 16.7. The van der Waals surface area contributed by atoms with Crippen molar-refractivity contribution in [3.63, 3.8) is 0 Å². The van der Waals surface area contributed by atoms with Gasteiger partial charge < -0.3 is 45.1 Å². The van der Waals surface area contributed by atoms with Gasteiger partial charge in [-0.1, -0.05) is 228 Å². The van der Waals surface area contributed by atoms with Crippen LogP contribution in [0.1, 0.15) is 245 Å². The molecule has 6 N–H and O–H groups in total. The van der Waals surface area contributed by atoms with Gasteiger partial charge in [-0.15, -0.1) is 0 Å². The van der Waals surface area contributed by atoms with Crippen LogP contribution >= 0.6 is 0 Å². The summed E-state index contributed by atoms with van der Waals surface area (Å²) in [5.41, 5.74) is 0. The number of amides is 1. The molecule has 11 heteroatoms. The van der Waals surface area contributed by atoms with Crippen LogP contribution in [0.25, 0.3) is 0 Å². The molecule has 0 spiro atoms. The van der Waals surface area contributed by atoms with Crippen molar-refractivity contribution >= 4 is 11.9 Å². The van der Waals surface area contributed by atoms with Gasteiger partial charge in [0.25, 0.3) is 0 Å². The third-order valence-electron chi connectivity index (χ3n) is 13.8. The van der Waals surface area contributed by atoms with Gasteiger partial charge in [0, 0.05) is 6.42 Å². The van der Waals surface area contributed by atoms with Gasteiger partial charge >= 0.3 is 5.97 Å². The minimum absolute atomic E-state index is 0.105. The molecule has 432 valence electrons. The van der Waals surface area contributed by atoms with Gasteiger partial charge in [0.15, 0.2) is 12.4 Å². The number of aliphatic hydroxyl groups is 5. The van der Waals surface area contributed by atoms with Crippen molar-refractivity contribution in [2.24, 2.45) is 0 Å². The fourth-order valence-electron chi connectivity index (χ4n) is 8.97. The van der Waals surface area contributed by atoms with E-state index in [1.54, 1.807) is 6.08 Å². The van der Waals surface area contributed by atoms with E-state index in [2.05, 4.69) is 99.0 Å². The molecule has 0 bridgehead atoms. The normalized spacial score (nSPS) is 19.8. The summed E-state index contributed by atoms with van der Waals surface area (Å²) in [7, 11) is 0. The van der Waals surface area contributed by atoms with Crippen LogP contribution in [-0.2, 0) is 23.8 Å². The Kier molecular flexibility index (Phi) is 48.0. The van der Waals surface area contributed by atoms with Crippen molar-refractivity contribution in [2.45, 2.75) is 294 Å². The maximum absolute atomic E-state index is 13.4. The number of hydrogen-bond donors (Lipinski definition) is 6. The molecule has 11 nitrogen and oxygen atoms in total. The number of ether oxygens (including phenoxy) is 3. The van der Waals surface area contributed by atoms with Crippen molar-refractivity contribution in [2.75, 3.05) is 13.2 Å². The molecule has 1 aliphatic heterocycles. The largest absolute Gasteiger partial charge is 0.454 e. The van der Waals surface area contributed by atoms with Gasteiger partial charge in [0.2, 0.25) is 5.91 Å². The number of unbranched alkanes of at least 4 members (excludes halogenated alkanes) is 24. The summed E-state index contributed by atoms with van der Waals surface area (Å²) in [5, 5.41) is 56.8. The number of rotatable bonds is 50. The number of aliphatic hydroxyl groups excluding tert-OH is 5. The number of carbonyl (C=O) groups is 2. The predicted molar refractivity (Wildman–Crippen MR) is 310 cm³/mol. The molecule has 1 amide bonds. The molecule has 1 saturated heterocycles. The van der Waals surface area contributed by atoms with Crippen LogP contribution in [0.3, 0.4) is 0 Å². The second kappa shape index (κ2) is 51.6. The molecule has 0 aromatic rings. The summed E-state index contributed by atoms with van der Waals surface area (Å²) in [6.45, 7) is 5.63.